The standard InChI is InChI=1S/C18H28FN5O2.C9H16N2O2/c1-18(21-8-16(25)24-11-14(19)4-15(24)7-20)5-12-9-23(10-13(12)6-18)17(26)22(2)3;1-9(10)2-6-4-11(8(12)13)5-7(6)3-9/h12-15,21H,4-6,8-11H2,1-3H3;6-7H,2-5,10H2,1H3,(H,12,13). The van der Waals surface area contributed by atoms with Gasteiger partial charge < -0.3 is 35.8 Å². The number of rotatable bonds is 3. The van der Waals surface area contributed by atoms with E-state index in [0.29, 0.717) is 36.8 Å². The zero-order valence-corrected chi connectivity index (χ0v) is 23.6. The van der Waals surface area contributed by atoms with E-state index in [2.05, 4.69) is 19.2 Å². The Morgan fingerprint density at radius 2 is 1.51 bits per heavy atom. The van der Waals surface area contributed by atoms with Gasteiger partial charge in [0.2, 0.25) is 5.91 Å². The van der Waals surface area contributed by atoms with Gasteiger partial charge in [-0.05, 0) is 63.2 Å². The number of nitriles is 1. The molecule has 2 saturated carbocycles. The zero-order valence-electron chi connectivity index (χ0n) is 23.6. The molecule has 2 aliphatic carbocycles. The van der Waals surface area contributed by atoms with E-state index in [0.717, 1.165) is 38.8 Å². The molecule has 4 N–H and O–H groups in total. The van der Waals surface area contributed by atoms with Crippen molar-refractivity contribution in [2.75, 3.05) is 53.4 Å². The molecule has 11 nitrogen and oxygen atoms in total. The fourth-order valence-corrected chi connectivity index (χ4v) is 7.64. The number of carbonyl (C=O) groups excluding carboxylic acids is 2. The lowest BCUT2D eigenvalue weighted by Gasteiger charge is -2.30. The monoisotopic (exact) mass is 549 g/mol. The van der Waals surface area contributed by atoms with Crippen molar-refractivity contribution in [3.05, 3.63) is 0 Å². The van der Waals surface area contributed by atoms with Gasteiger partial charge in [-0.25, -0.2) is 14.0 Å². The van der Waals surface area contributed by atoms with Crippen LogP contribution in [-0.4, -0.2) is 119 Å². The number of nitrogens with one attached hydrogen (secondary N) is 1. The molecule has 0 radical (unpaired) electrons. The second-order valence-corrected chi connectivity index (χ2v) is 13.2. The third-order valence-electron chi connectivity index (χ3n) is 9.34. The number of fused-ring (bicyclic) bond motifs is 2. The van der Waals surface area contributed by atoms with Gasteiger partial charge in [0.1, 0.15) is 12.2 Å². The topological polar surface area (TPSA) is 146 Å². The van der Waals surface area contributed by atoms with E-state index in [1.54, 1.807) is 19.0 Å². The van der Waals surface area contributed by atoms with Gasteiger partial charge in [0.25, 0.3) is 0 Å². The summed E-state index contributed by atoms with van der Waals surface area (Å²) in [4.78, 5) is 41.6. The Bertz CT molecular complexity index is 971. The Morgan fingerprint density at radius 3 is 2.00 bits per heavy atom. The average Bonchev–Trinajstić information content (AvgIpc) is 3.62. The van der Waals surface area contributed by atoms with E-state index < -0.39 is 18.3 Å². The number of likely N-dealkylation sites (tertiary alicyclic amines) is 3. The number of halogens is 1. The summed E-state index contributed by atoms with van der Waals surface area (Å²) in [6.45, 7) is 7.22. The summed E-state index contributed by atoms with van der Waals surface area (Å²) in [5.41, 5.74) is 5.81. The number of hydrogen-bond donors (Lipinski definition) is 3. The molecule has 0 aromatic heterocycles. The molecular weight excluding hydrogens is 505 g/mol. The highest BCUT2D eigenvalue weighted by Gasteiger charge is 2.48. The maximum Gasteiger partial charge on any atom is 0.407 e. The first-order valence-corrected chi connectivity index (χ1v) is 14.0. The minimum absolute atomic E-state index is 0.0162. The maximum atomic E-state index is 13.5. The molecular formula is C27H44FN7O4. The average molecular weight is 550 g/mol. The molecule has 6 atom stereocenters. The van der Waals surface area contributed by atoms with E-state index in [1.807, 2.05) is 11.0 Å². The molecule has 12 heteroatoms. The summed E-state index contributed by atoms with van der Waals surface area (Å²) >= 11 is 0. The number of urea groups is 1. The highest BCUT2D eigenvalue weighted by molar-refractivity contribution is 5.79. The fraction of sp³-hybridized carbons (Fsp3) is 0.852. The summed E-state index contributed by atoms with van der Waals surface area (Å²) < 4.78 is 13.5. The highest BCUT2D eigenvalue weighted by Crippen LogP contribution is 2.44. The van der Waals surface area contributed by atoms with Gasteiger partial charge in [-0.3, -0.25) is 4.79 Å². The van der Waals surface area contributed by atoms with Crippen LogP contribution in [0.5, 0.6) is 0 Å². The Kier molecular flexibility index (Phi) is 8.34. The largest absolute Gasteiger partial charge is 0.465 e. The molecule has 0 bridgehead atoms. The quantitative estimate of drug-likeness (QED) is 0.484. The second-order valence-electron chi connectivity index (χ2n) is 13.2. The minimum Gasteiger partial charge on any atom is -0.465 e. The van der Waals surface area contributed by atoms with Gasteiger partial charge in [0.15, 0.2) is 0 Å². The van der Waals surface area contributed by atoms with Gasteiger partial charge >= 0.3 is 12.1 Å². The first kappa shape index (κ1) is 29.3. The van der Waals surface area contributed by atoms with Gasteiger partial charge in [-0.15, -0.1) is 0 Å². The van der Waals surface area contributed by atoms with Crippen LogP contribution in [0, 0.1) is 35.0 Å². The molecule has 5 aliphatic rings. The van der Waals surface area contributed by atoms with E-state index in [9.17, 15) is 18.8 Å². The van der Waals surface area contributed by atoms with Gasteiger partial charge in [0, 0.05) is 57.8 Å². The van der Waals surface area contributed by atoms with Crippen LogP contribution in [0.3, 0.4) is 0 Å². The number of nitrogens with two attached hydrogens (primary N) is 1. The smallest absolute Gasteiger partial charge is 0.407 e. The predicted octanol–water partition coefficient (Wildman–Crippen LogP) is 1.54. The number of nitrogens with zero attached hydrogens (tertiary/aromatic N) is 5. The van der Waals surface area contributed by atoms with Crippen LogP contribution in [0.4, 0.5) is 14.0 Å². The fourth-order valence-electron chi connectivity index (χ4n) is 7.64. The van der Waals surface area contributed by atoms with Gasteiger partial charge in [-0.1, -0.05) is 0 Å². The van der Waals surface area contributed by atoms with Crippen molar-refractivity contribution in [2.24, 2.45) is 29.4 Å². The van der Waals surface area contributed by atoms with Crippen molar-refractivity contribution in [3.63, 3.8) is 0 Å². The van der Waals surface area contributed by atoms with Crippen LogP contribution in [-0.2, 0) is 4.79 Å². The number of amides is 4. The van der Waals surface area contributed by atoms with Crippen LogP contribution in [0.2, 0.25) is 0 Å². The summed E-state index contributed by atoms with van der Waals surface area (Å²) in [6, 6.07) is 1.42. The van der Waals surface area contributed by atoms with E-state index in [-0.39, 0.29) is 42.5 Å². The Balaban J connectivity index is 0.000000226. The molecule has 0 spiro atoms. The molecule has 4 amide bonds. The SMILES string of the molecule is CC1(N)CC2CN(C(=O)O)CC2C1.CN(C)C(=O)N1CC2CC(C)(NCC(=O)N3CC(F)CC3C#N)CC2C1. The second kappa shape index (κ2) is 11.1. The van der Waals surface area contributed by atoms with Crippen LogP contribution in [0.25, 0.3) is 0 Å². The number of carbonyl (C=O) groups is 3. The summed E-state index contributed by atoms with van der Waals surface area (Å²) in [7, 11) is 3.53. The van der Waals surface area contributed by atoms with Gasteiger partial charge in [0.05, 0.1) is 19.2 Å². The lowest BCUT2D eigenvalue weighted by Crippen LogP contribution is -2.49. The molecule has 0 aromatic rings. The van der Waals surface area contributed by atoms with Crippen LogP contribution in [0.15, 0.2) is 0 Å². The summed E-state index contributed by atoms with van der Waals surface area (Å²) in [5, 5.41) is 21.2. The molecule has 0 aromatic carbocycles. The molecule has 3 saturated heterocycles. The third-order valence-corrected chi connectivity index (χ3v) is 9.34. The lowest BCUT2D eigenvalue weighted by atomic mass is 9.98. The zero-order chi connectivity index (χ0) is 28.7. The van der Waals surface area contributed by atoms with E-state index in [4.69, 9.17) is 16.1 Å². The summed E-state index contributed by atoms with van der Waals surface area (Å²) in [5.74, 6) is 1.69. The van der Waals surface area contributed by atoms with Crippen LogP contribution in [0.1, 0.15) is 46.0 Å². The lowest BCUT2D eigenvalue weighted by molar-refractivity contribution is -0.130. The Labute approximate surface area is 230 Å². The number of carboxylic acid groups (broad SMARTS) is 1. The van der Waals surface area contributed by atoms with Gasteiger partial charge in [-0.2, -0.15) is 5.26 Å². The van der Waals surface area contributed by atoms with Crippen molar-refractivity contribution in [3.8, 4) is 6.07 Å². The maximum absolute atomic E-state index is 13.5. The Hall–Kier alpha value is -2.65. The molecule has 3 aliphatic heterocycles. The first-order valence-electron chi connectivity index (χ1n) is 14.0. The molecule has 39 heavy (non-hydrogen) atoms. The first-order chi connectivity index (χ1) is 18.2. The van der Waals surface area contributed by atoms with Crippen LogP contribution >= 0.6 is 0 Å². The Morgan fingerprint density at radius 1 is 1.00 bits per heavy atom. The van der Waals surface area contributed by atoms with Crippen molar-refractivity contribution in [2.45, 2.75) is 69.2 Å². The predicted molar refractivity (Wildman–Crippen MR) is 142 cm³/mol. The van der Waals surface area contributed by atoms with Crippen molar-refractivity contribution in [1.29, 1.82) is 5.26 Å². The highest BCUT2D eigenvalue weighted by atomic mass is 19.1. The van der Waals surface area contributed by atoms with Crippen molar-refractivity contribution >= 4 is 18.0 Å². The van der Waals surface area contributed by atoms with Crippen molar-refractivity contribution < 1.29 is 23.9 Å². The normalized spacial score (nSPS) is 38.6. The molecule has 3 heterocycles. The molecule has 6 unspecified atom stereocenters. The minimum atomic E-state index is -1.11. The molecule has 218 valence electrons. The van der Waals surface area contributed by atoms with E-state index >= 15 is 0 Å². The van der Waals surface area contributed by atoms with E-state index in [1.165, 1.54) is 9.80 Å². The molecule has 5 rings (SSSR count). The summed E-state index contributed by atoms with van der Waals surface area (Å²) in [6.07, 6.45) is 1.99. The number of hydrogen-bond acceptors (Lipinski definition) is 6. The third kappa shape index (κ3) is 6.57. The van der Waals surface area contributed by atoms with Crippen molar-refractivity contribution in [1.82, 2.24) is 24.9 Å². The molecule has 5 fully saturated rings. The number of alkyl halides is 1. The van der Waals surface area contributed by atoms with Crippen LogP contribution < -0.4 is 11.1 Å².